The molecule has 0 saturated heterocycles. The molecule has 0 amide bonds. The van der Waals surface area contributed by atoms with Crippen LogP contribution in [0.4, 0.5) is 0 Å². The predicted octanol–water partition coefficient (Wildman–Crippen LogP) is 3.19. The second-order valence-electron chi connectivity index (χ2n) is 3.43. The van der Waals surface area contributed by atoms with E-state index in [1.54, 1.807) is 6.92 Å². The van der Waals surface area contributed by atoms with Gasteiger partial charge in [0.25, 0.3) is 0 Å². The van der Waals surface area contributed by atoms with E-state index in [-0.39, 0.29) is 24.5 Å². The van der Waals surface area contributed by atoms with E-state index in [9.17, 15) is 9.59 Å². The Balaban J connectivity index is 2.56. The zero-order valence-electron chi connectivity index (χ0n) is 8.20. The SMILES string of the molecule is C[C@@H](CC(=O)O)CC(=O)c1sccc1Br. The molecule has 1 heterocycles. The van der Waals surface area contributed by atoms with Crippen molar-refractivity contribution in [1.29, 1.82) is 0 Å². The van der Waals surface area contributed by atoms with E-state index in [1.807, 2.05) is 11.4 Å². The van der Waals surface area contributed by atoms with Gasteiger partial charge in [0.05, 0.1) is 4.88 Å². The smallest absolute Gasteiger partial charge is 0.303 e. The highest BCUT2D eigenvalue weighted by Crippen LogP contribution is 2.25. The normalized spacial score (nSPS) is 12.4. The lowest BCUT2D eigenvalue weighted by molar-refractivity contribution is -0.137. The van der Waals surface area contributed by atoms with Gasteiger partial charge in [-0.3, -0.25) is 9.59 Å². The third-order valence-corrected chi connectivity index (χ3v) is 3.81. The summed E-state index contributed by atoms with van der Waals surface area (Å²) in [6, 6.07) is 1.82. The molecule has 5 heteroatoms. The van der Waals surface area contributed by atoms with Crippen LogP contribution in [-0.4, -0.2) is 16.9 Å². The maximum absolute atomic E-state index is 11.7. The lowest BCUT2D eigenvalue weighted by atomic mass is 10.0. The molecule has 0 aromatic carbocycles. The van der Waals surface area contributed by atoms with Gasteiger partial charge in [-0.15, -0.1) is 11.3 Å². The van der Waals surface area contributed by atoms with Gasteiger partial charge in [-0.25, -0.2) is 0 Å². The summed E-state index contributed by atoms with van der Waals surface area (Å²) >= 11 is 4.66. The fourth-order valence-electron chi connectivity index (χ4n) is 1.27. The number of carbonyl (C=O) groups excluding carboxylic acids is 1. The van der Waals surface area contributed by atoms with E-state index in [0.29, 0.717) is 4.88 Å². The van der Waals surface area contributed by atoms with E-state index < -0.39 is 5.97 Å². The average Bonchev–Trinajstić information content (AvgIpc) is 2.49. The molecule has 1 atom stereocenters. The van der Waals surface area contributed by atoms with Crippen LogP contribution in [0.25, 0.3) is 0 Å². The van der Waals surface area contributed by atoms with E-state index >= 15 is 0 Å². The van der Waals surface area contributed by atoms with Crippen LogP contribution in [0.1, 0.15) is 29.4 Å². The Labute approximate surface area is 100 Å². The van der Waals surface area contributed by atoms with Crippen LogP contribution in [0.2, 0.25) is 0 Å². The minimum atomic E-state index is -0.861. The number of rotatable bonds is 5. The molecule has 0 aliphatic carbocycles. The van der Waals surface area contributed by atoms with Gasteiger partial charge in [0.15, 0.2) is 5.78 Å². The van der Waals surface area contributed by atoms with Crippen LogP contribution >= 0.6 is 27.3 Å². The Morgan fingerprint density at radius 2 is 2.20 bits per heavy atom. The zero-order valence-corrected chi connectivity index (χ0v) is 10.6. The van der Waals surface area contributed by atoms with Crippen molar-refractivity contribution in [3.05, 3.63) is 20.8 Å². The van der Waals surface area contributed by atoms with E-state index in [2.05, 4.69) is 15.9 Å². The van der Waals surface area contributed by atoms with Gasteiger partial charge in [-0.05, 0) is 33.3 Å². The molecule has 0 radical (unpaired) electrons. The van der Waals surface area contributed by atoms with Crippen molar-refractivity contribution in [2.45, 2.75) is 19.8 Å². The van der Waals surface area contributed by atoms with Gasteiger partial charge < -0.3 is 5.11 Å². The second-order valence-corrected chi connectivity index (χ2v) is 5.20. The summed E-state index contributed by atoms with van der Waals surface area (Å²) in [5, 5.41) is 10.4. The molecule has 1 aromatic rings. The van der Waals surface area contributed by atoms with Crippen molar-refractivity contribution in [3.63, 3.8) is 0 Å². The van der Waals surface area contributed by atoms with E-state index in [1.165, 1.54) is 11.3 Å². The number of carboxylic acid groups (broad SMARTS) is 1. The van der Waals surface area contributed by atoms with Gasteiger partial charge in [0, 0.05) is 17.3 Å². The molecule has 0 bridgehead atoms. The van der Waals surface area contributed by atoms with Gasteiger partial charge in [0.1, 0.15) is 0 Å². The quantitative estimate of drug-likeness (QED) is 0.848. The van der Waals surface area contributed by atoms with Gasteiger partial charge in [-0.1, -0.05) is 6.92 Å². The zero-order chi connectivity index (χ0) is 11.4. The lowest BCUT2D eigenvalue weighted by Crippen LogP contribution is -2.09. The van der Waals surface area contributed by atoms with Crippen LogP contribution in [0, 0.1) is 5.92 Å². The molecule has 1 N–H and O–H groups in total. The Hall–Kier alpha value is -0.680. The van der Waals surface area contributed by atoms with Gasteiger partial charge in [0.2, 0.25) is 0 Å². The molecule has 3 nitrogen and oxygen atoms in total. The maximum Gasteiger partial charge on any atom is 0.303 e. The largest absolute Gasteiger partial charge is 0.481 e. The topological polar surface area (TPSA) is 54.4 Å². The first-order valence-electron chi connectivity index (χ1n) is 4.48. The molecule has 0 aliphatic heterocycles. The number of hydrogen-bond acceptors (Lipinski definition) is 3. The Morgan fingerprint density at radius 3 is 2.67 bits per heavy atom. The molecule has 0 unspecified atom stereocenters. The number of carbonyl (C=O) groups is 2. The average molecular weight is 291 g/mol. The van der Waals surface area contributed by atoms with Crippen LogP contribution in [0.3, 0.4) is 0 Å². The minimum Gasteiger partial charge on any atom is -0.481 e. The summed E-state index contributed by atoms with van der Waals surface area (Å²) in [4.78, 5) is 22.8. The van der Waals surface area contributed by atoms with Crippen molar-refractivity contribution in [2.75, 3.05) is 0 Å². The first-order chi connectivity index (χ1) is 7.00. The number of thiophene rings is 1. The molecule has 0 spiro atoms. The second kappa shape index (κ2) is 5.42. The van der Waals surface area contributed by atoms with Gasteiger partial charge in [-0.2, -0.15) is 0 Å². The summed E-state index contributed by atoms with van der Waals surface area (Å²) < 4.78 is 0.792. The third-order valence-electron chi connectivity index (χ3n) is 1.93. The standard InChI is InChI=1S/C10H11BrO3S/c1-6(5-9(13)14)4-8(12)10-7(11)2-3-15-10/h2-3,6H,4-5H2,1H3,(H,13,14)/t6-/m1/s1. The number of hydrogen-bond donors (Lipinski definition) is 1. The number of halogens is 1. The molecule has 1 rings (SSSR count). The fraction of sp³-hybridized carbons (Fsp3) is 0.400. The van der Waals surface area contributed by atoms with E-state index in [4.69, 9.17) is 5.11 Å². The number of ketones is 1. The van der Waals surface area contributed by atoms with Crippen LogP contribution in [0.15, 0.2) is 15.9 Å². The van der Waals surface area contributed by atoms with Crippen LogP contribution in [0.5, 0.6) is 0 Å². The Morgan fingerprint density at radius 1 is 1.53 bits per heavy atom. The monoisotopic (exact) mass is 290 g/mol. The minimum absolute atomic E-state index is 0.00521. The first-order valence-corrected chi connectivity index (χ1v) is 6.16. The fourth-order valence-corrected chi connectivity index (χ4v) is 2.82. The third kappa shape index (κ3) is 3.76. The summed E-state index contributed by atoms with van der Waals surface area (Å²) in [6.07, 6.45) is 0.320. The van der Waals surface area contributed by atoms with Crippen molar-refractivity contribution >= 4 is 39.0 Å². The number of aliphatic carboxylic acids is 1. The van der Waals surface area contributed by atoms with Crippen molar-refractivity contribution < 1.29 is 14.7 Å². The number of Topliss-reactive ketones (excluding diaryl/α,β-unsaturated/α-hetero) is 1. The highest BCUT2D eigenvalue weighted by atomic mass is 79.9. The molecule has 0 aliphatic rings. The molecule has 15 heavy (non-hydrogen) atoms. The Kier molecular flexibility index (Phi) is 4.47. The summed E-state index contributed by atoms with van der Waals surface area (Å²) in [5.41, 5.74) is 0. The molecule has 0 fully saturated rings. The van der Waals surface area contributed by atoms with Gasteiger partial charge >= 0.3 is 5.97 Å². The van der Waals surface area contributed by atoms with Crippen molar-refractivity contribution in [3.8, 4) is 0 Å². The lowest BCUT2D eigenvalue weighted by Gasteiger charge is -2.06. The van der Waals surface area contributed by atoms with Crippen LogP contribution in [-0.2, 0) is 4.79 Å². The predicted molar refractivity (Wildman–Crippen MR) is 62.4 cm³/mol. The Bertz CT molecular complexity index is 372. The number of carboxylic acids is 1. The first kappa shape index (κ1) is 12.4. The molecular formula is C10H11BrO3S. The highest BCUT2D eigenvalue weighted by molar-refractivity contribution is 9.10. The molecule has 0 saturated carbocycles. The molecule has 1 aromatic heterocycles. The maximum atomic E-state index is 11.7. The van der Waals surface area contributed by atoms with Crippen molar-refractivity contribution in [1.82, 2.24) is 0 Å². The van der Waals surface area contributed by atoms with Crippen LogP contribution < -0.4 is 0 Å². The summed E-state index contributed by atoms with van der Waals surface area (Å²) in [7, 11) is 0. The summed E-state index contributed by atoms with van der Waals surface area (Å²) in [5.74, 6) is -0.977. The van der Waals surface area contributed by atoms with E-state index in [0.717, 1.165) is 4.47 Å². The molecular weight excluding hydrogens is 280 g/mol. The highest BCUT2D eigenvalue weighted by Gasteiger charge is 2.16. The molecule has 82 valence electrons. The summed E-state index contributed by atoms with van der Waals surface area (Å²) in [6.45, 7) is 1.77. The van der Waals surface area contributed by atoms with Crippen molar-refractivity contribution in [2.24, 2.45) is 5.92 Å².